The zero-order valence-corrected chi connectivity index (χ0v) is 8.80. The predicted molar refractivity (Wildman–Crippen MR) is 53.4 cm³/mol. The highest BCUT2D eigenvalue weighted by atomic mass is 32.2. The number of hydrogen-bond acceptors (Lipinski definition) is 5. The fraction of sp³-hybridized carbons (Fsp3) is 0.750. The van der Waals surface area contributed by atoms with E-state index in [1.165, 1.54) is 0 Å². The van der Waals surface area contributed by atoms with Crippen molar-refractivity contribution in [1.82, 2.24) is 10.1 Å². The predicted octanol–water partition coefficient (Wildman–Crippen LogP) is 1.07. The molecule has 0 saturated carbocycles. The maximum absolute atomic E-state index is 5.49. The van der Waals surface area contributed by atoms with E-state index in [1.807, 2.05) is 6.26 Å². The van der Waals surface area contributed by atoms with Gasteiger partial charge in [-0.3, -0.25) is 0 Å². The van der Waals surface area contributed by atoms with Crippen LogP contribution in [-0.2, 0) is 12.2 Å². The first kappa shape index (κ1) is 10.5. The SMILES string of the molecule is CSCc1noc(CC(C)CN)n1. The molecular weight excluding hydrogens is 186 g/mol. The molecule has 1 atom stereocenters. The molecule has 1 unspecified atom stereocenters. The van der Waals surface area contributed by atoms with Crippen LogP contribution in [0.4, 0.5) is 0 Å². The van der Waals surface area contributed by atoms with E-state index in [9.17, 15) is 0 Å². The van der Waals surface area contributed by atoms with Gasteiger partial charge >= 0.3 is 0 Å². The third-order valence-corrected chi connectivity index (χ3v) is 2.26. The Bertz CT molecular complexity index is 251. The molecule has 1 aromatic rings. The Labute approximate surface area is 82.3 Å². The third-order valence-electron chi connectivity index (χ3n) is 1.71. The maximum Gasteiger partial charge on any atom is 0.226 e. The van der Waals surface area contributed by atoms with Crippen molar-refractivity contribution in [1.29, 1.82) is 0 Å². The second-order valence-electron chi connectivity index (χ2n) is 3.08. The normalized spacial score (nSPS) is 13.2. The molecule has 1 aromatic heterocycles. The average molecular weight is 201 g/mol. The smallest absolute Gasteiger partial charge is 0.226 e. The van der Waals surface area contributed by atoms with E-state index in [0.717, 1.165) is 18.0 Å². The number of nitrogens with zero attached hydrogens (tertiary/aromatic N) is 2. The molecule has 0 bridgehead atoms. The Hall–Kier alpha value is -0.550. The highest BCUT2D eigenvalue weighted by Gasteiger charge is 2.08. The van der Waals surface area contributed by atoms with E-state index in [0.29, 0.717) is 18.4 Å². The molecule has 0 spiro atoms. The highest BCUT2D eigenvalue weighted by molar-refractivity contribution is 7.97. The van der Waals surface area contributed by atoms with E-state index in [2.05, 4.69) is 17.1 Å². The Balaban J connectivity index is 2.48. The van der Waals surface area contributed by atoms with Crippen LogP contribution in [0.25, 0.3) is 0 Å². The van der Waals surface area contributed by atoms with E-state index in [-0.39, 0.29) is 0 Å². The lowest BCUT2D eigenvalue weighted by molar-refractivity contribution is 0.356. The van der Waals surface area contributed by atoms with Gasteiger partial charge < -0.3 is 10.3 Å². The first-order valence-corrected chi connectivity index (χ1v) is 5.66. The van der Waals surface area contributed by atoms with E-state index < -0.39 is 0 Å². The van der Waals surface area contributed by atoms with Crippen LogP contribution in [0.5, 0.6) is 0 Å². The van der Waals surface area contributed by atoms with Crippen molar-refractivity contribution >= 4 is 11.8 Å². The second-order valence-corrected chi connectivity index (χ2v) is 3.95. The van der Waals surface area contributed by atoms with Crippen molar-refractivity contribution in [3.8, 4) is 0 Å². The Morgan fingerprint density at radius 1 is 1.62 bits per heavy atom. The molecule has 0 saturated heterocycles. The fourth-order valence-corrected chi connectivity index (χ4v) is 1.32. The van der Waals surface area contributed by atoms with Crippen LogP contribution < -0.4 is 5.73 Å². The number of nitrogens with two attached hydrogens (primary N) is 1. The van der Waals surface area contributed by atoms with Gasteiger partial charge in [-0.1, -0.05) is 12.1 Å². The van der Waals surface area contributed by atoms with Gasteiger partial charge in [0, 0.05) is 6.42 Å². The maximum atomic E-state index is 5.49. The zero-order valence-electron chi connectivity index (χ0n) is 7.99. The van der Waals surface area contributed by atoms with Gasteiger partial charge in [-0.25, -0.2) is 0 Å². The molecule has 1 heterocycles. The van der Waals surface area contributed by atoms with Crippen molar-refractivity contribution in [2.75, 3.05) is 12.8 Å². The molecule has 0 aliphatic heterocycles. The molecular formula is C8H15N3OS. The van der Waals surface area contributed by atoms with Gasteiger partial charge in [0.15, 0.2) is 5.82 Å². The van der Waals surface area contributed by atoms with Gasteiger partial charge in [0.1, 0.15) is 0 Å². The summed E-state index contributed by atoms with van der Waals surface area (Å²) < 4.78 is 5.06. The summed E-state index contributed by atoms with van der Waals surface area (Å²) in [5.74, 6) is 2.68. The van der Waals surface area contributed by atoms with Crippen molar-refractivity contribution in [2.45, 2.75) is 19.1 Å². The van der Waals surface area contributed by atoms with Gasteiger partial charge in [-0.05, 0) is 18.7 Å². The number of thioether (sulfide) groups is 1. The molecule has 0 radical (unpaired) electrons. The molecule has 0 aliphatic rings. The van der Waals surface area contributed by atoms with Gasteiger partial charge in [0.05, 0.1) is 5.75 Å². The molecule has 4 nitrogen and oxygen atoms in total. The standard InChI is InChI=1S/C8H15N3OS/c1-6(4-9)3-8-10-7(5-13-2)11-12-8/h6H,3-5,9H2,1-2H3. The molecule has 2 N–H and O–H groups in total. The minimum Gasteiger partial charge on any atom is -0.339 e. The summed E-state index contributed by atoms with van der Waals surface area (Å²) in [6.45, 7) is 2.72. The summed E-state index contributed by atoms with van der Waals surface area (Å²) in [5, 5.41) is 3.85. The zero-order chi connectivity index (χ0) is 9.68. The minimum absolute atomic E-state index is 0.405. The molecule has 74 valence electrons. The molecule has 0 aliphatic carbocycles. The van der Waals surface area contributed by atoms with Crippen LogP contribution in [0.2, 0.25) is 0 Å². The molecule has 1 rings (SSSR count). The van der Waals surface area contributed by atoms with Crippen LogP contribution in [-0.4, -0.2) is 22.9 Å². The van der Waals surface area contributed by atoms with Crippen molar-refractivity contribution in [3.05, 3.63) is 11.7 Å². The van der Waals surface area contributed by atoms with Crippen LogP contribution in [0.1, 0.15) is 18.6 Å². The quantitative estimate of drug-likeness (QED) is 0.772. The molecule has 0 amide bonds. The van der Waals surface area contributed by atoms with Crippen LogP contribution in [0, 0.1) is 5.92 Å². The monoisotopic (exact) mass is 201 g/mol. The largest absolute Gasteiger partial charge is 0.339 e. The van der Waals surface area contributed by atoms with E-state index >= 15 is 0 Å². The lowest BCUT2D eigenvalue weighted by Gasteiger charge is -2.01. The molecule has 0 fully saturated rings. The number of hydrogen-bond donors (Lipinski definition) is 1. The topological polar surface area (TPSA) is 64.9 Å². The number of aromatic nitrogens is 2. The Morgan fingerprint density at radius 2 is 2.38 bits per heavy atom. The van der Waals surface area contributed by atoms with E-state index in [1.54, 1.807) is 11.8 Å². The van der Waals surface area contributed by atoms with Gasteiger partial charge in [0.25, 0.3) is 0 Å². The third kappa shape index (κ3) is 3.36. The molecule has 5 heteroatoms. The Kier molecular flexibility index (Phi) is 4.24. The van der Waals surface area contributed by atoms with Crippen LogP contribution in [0.3, 0.4) is 0 Å². The summed E-state index contributed by atoms with van der Waals surface area (Å²) in [7, 11) is 0. The van der Waals surface area contributed by atoms with Gasteiger partial charge in [-0.2, -0.15) is 16.7 Å². The minimum atomic E-state index is 0.405. The van der Waals surface area contributed by atoms with Crippen molar-refractivity contribution in [2.24, 2.45) is 11.7 Å². The summed E-state index contributed by atoms with van der Waals surface area (Å²) in [5.41, 5.74) is 5.49. The number of rotatable bonds is 5. The van der Waals surface area contributed by atoms with Crippen LogP contribution >= 0.6 is 11.8 Å². The summed E-state index contributed by atoms with van der Waals surface area (Å²) >= 11 is 1.68. The Morgan fingerprint density at radius 3 is 3.00 bits per heavy atom. The first-order chi connectivity index (χ1) is 6.26. The first-order valence-electron chi connectivity index (χ1n) is 4.26. The fourth-order valence-electron chi connectivity index (χ4n) is 0.942. The van der Waals surface area contributed by atoms with Crippen LogP contribution in [0.15, 0.2) is 4.52 Å². The van der Waals surface area contributed by atoms with E-state index in [4.69, 9.17) is 10.3 Å². The average Bonchev–Trinajstić information content (AvgIpc) is 2.53. The van der Waals surface area contributed by atoms with Crippen molar-refractivity contribution in [3.63, 3.8) is 0 Å². The molecule has 0 aromatic carbocycles. The van der Waals surface area contributed by atoms with Gasteiger partial charge in [0.2, 0.25) is 5.89 Å². The summed E-state index contributed by atoms with van der Waals surface area (Å²) in [6.07, 6.45) is 2.79. The lowest BCUT2D eigenvalue weighted by atomic mass is 10.1. The van der Waals surface area contributed by atoms with Gasteiger partial charge in [-0.15, -0.1) is 0 Å². The molecule has 13 heavy (non-hydrogen) atoms. The summed E-state index contributed by atoms with van der Waals surface area (Å²) in [4.78, 5) is 4.23. The van der Waals surface area contributed by atoms with Crippen molar-refractivity contribution < 1.29 is 4.52 Å². The highest BCUT2D eigenvalue weighted by Crippen LogP contribution is 2.08. The second kappa shape index (κ2) is 5.24. The summed E-state index contributed by atoms with van der Waals surface area (Å²) in [6, 6.07) is 0. The lowest BCUT2D eigenvalue weighted by Crippen LogP contribution is -2.13.